The zero-order valence-electron chi connectivity index (χ0n) is 12.0. The lowest BCUT2D eigenvalue weighted by molar-refractivity contribution is -0.136. The summed E-state index contributed by atoms with van der Waals surface area (Å²) in [5.74, 6) is 0.694. The number of carbonyl (C=O) groups excluding carboxylic acids is 3. The Balaban J connectivity index is 2.10. The van der Waals surface area contributed by atoms with Crippen molar-refractivity contribution in [3.63, 3.8) is 0 Å². The van der Waals surface area contributed by atoms with Crippen molar-refractivity contribution in [3.05, 3.63) is 0 Å². The maximum absolute atomic E-state index is 11.7. The molecule has 2 amide bonds. The number of thioether (sulfide) groups is 1. The van der Waals surface area contributed by atoms with Gasteiger partial charge >= 0.3 is 0 Å². The van der Waals surface area contributed by atoms with Gasteiger partial charge in [0.2, 0.25) is 5.91 Å². The van der Waals surface area contributed by atoms with Crippen LogP contribution in [-0.2, 0) is 19.1 Å². The van der Waals surface area contributed by atoms with Crippen molar-refractivity contribution in [2.75, 3.05) is 38.2 Å². The van der Waals surface area contributed by atoms with Crippen molar-refractivity contribution >= 4 is 29.4 Å². The van der Waals surface area contributed by atoms with Crippen LogP contribution in [0.1, 0.15) is 19.8 Å². The summed E-state index contributed by atoms with van der Waals surface area (Å²) in [7, 11) is 1.53. The van der Waals surface area contributed by atoms with Gasteiger partial charge in [0, 0.05) is 39.6 Å². The molecule has 1 rings (SSSR count). The molecule has 20 heavy (non-hydrogen) atoms. The van der Waals surface area contributed by atoms with Crippen LogP contribution in [-0.4, -0.2) is 66.9 Å². The first kappa shape index (κ1) is 17.0. The molecule has 0 aliphatic carbocycles. The second-order valence-corrected chi connectivity index (χ2v) is 5.56. The van der Waals surface area contributed by atoms with Gasteiger partial charge in [-0.1, -0.05) is 6.92 Å². The Bertz CT molecular complexity index is 362. The average molecular weight is 302 g/mol. The van der Waals surface area contributed by atoms with Crippen LogP contribution < -0.4 is 5.32 Å². The summed E-state index contributed by atoms with van der Waals surface area (Å²) in [6, 6.07) is 0. The number of hydrogen-bond acceptors (Lipinski definition) is 5. The topological polar surface area (TPSA) is 75.7 Å². The largest absolute Gasteiger partial charge is 0.372 e. The number of likely N-dealkylation sites (tertiary alicyclic amines) is 1. The number of carbonyl (C=O) groups is 3. The lowest BCUT2D eigenvalue weighted by Crippen LogP contribution is -2.38. The number of ketones is 1. The van der Waals surface area contributed by atoms with Crippen LogP contribution in [0.4, 0.5) is 0 Å². The average Bonchev–Trinajstić information content (AvgIpc) is 2.79. The number of ether oxygens (including phenoxy) is 1. The summed E-state index contributed by atoms with van der Waals surface area (Å²) in [6.07, 6.45) is 0.881. The van der Waals surface area contributed by atoms with Crippen LogP contribution in [0.15, 0.2) is 0 Å². The van der Waals surface area contributed by atoms with Crippen LogP contribution in [0, 0.1) is 0 Å². The molecule has 0 aromatic rings. The lowest BCUT2D eigenvalue weighted by atomic mass is 10.3. The molecule has 0 unspecified atom stereocenters. The van der Waals surface area contributed by atoms with Gasteiger partial charge in [0.05, 0.1) is 11.5 Å². The van der Waals surface area contributed by atoms with Crippen molar-refractivity contribution in [3.8, 4) is 0 Å². The molecule has 1 N–H and O–H groups in total. The molecule has 0 bridgehead atoms. The third-order valence-corrected chi connectivity index (χ3v) is 4.12. The van der Waals surface area contributed by atoms with Crippen LogP contribution in [0.5, 0.6) is 0 Å². The molecular formula is C13H22N2O4S. The first-order valence-electron chi connectivity index (χ1n) is 6.76. The number of rotatable bonds is 9. The molecule has 1 atom stereocenters. The van der Waals surface area contributed by atoms with Gasteiger partial charge in [0.15, 0.2) is 0 Å². The van der Waals surface area contributed by atoms with Crippen LogP contribution in [0.2, 0.25) is 0 Å². The van der Waals surface area contributed by atoms with Gasteiger partial charge in [0.1, 0.15) is 11.9 Å². The fourth-order valence-electron chi connectivity index (χ4n) is 1.89. The number of nitrogens with one attached hydrogen (secondary N) is 1. The van der Waals surface area contributed by atoms with Crippen LogP contribution in [0.3, 0.4) is 0 Å². The van der Waals surface area contributed by atoms with Gasteiger partial charge in [-0.25, -0.2) is 0 Å². The van der Waals surface area contributed by atoms with Crippen LogP contribution in [0.25, 0.3) is 0 Å². The minimum Gasteiger partial charge on any atom is -0.372 e. The molecule has 1 aliphatic heterocycles. The maximum atomic E-state index is 11.7. The Hall–Kier alpha value is -1.08. The Morgan fingerprint density at radius 1 is 1.45 bits per heavy atom. The molecule has 1 saturated heterocycles. The SMILES string of the molecule is CCC(=O)CSCC(=O)NCCN1CC[C@@H](OC)C1=O. The third kappa shape index (κ3) is 5.50. The van der Waals surface area contributed by atoms with E-state index in [0.29, 0.717) is 38.2 Å². The van der Waals surface area contributed by atoms with Gasteiger partial charge in [-0.3, -0.25) is 14.4 Å². The third-order valence-electron chi connectivity index (χ3n) is 3.13. The van der Waals surface area contributed by atoms with E-state index in [9.17, 15) is 14.4 Å². The van der Waals surface area contributed by atoms with E-state index in [1.807, 2.05) is 6.92 Å². The molecule has 0 aromatic heterocycles. The maximum Gasteiger partial charge on any atom is 0.251 e. The summed E-state index contributed by atoms with van der Waals surface area (Å²) >= 11 is 1.32. The van der Waals surface area contributed by atoms with Crippen molar-refractivity contribution in [2.45, 2.75) is 25.9 Å². The minimum atomic E-state index is -0.332. The van der Waals surface area contributed by atoms with Crippen molar-refractivity contribution < 1.29 is 19.1 Å². The van der Waals surface area contributed by atoms with E-state index < -0.39 is 0 Å². The van der Waals surface area contributed by atoms with Crippen molar-refractivity contribution in [1.82, 2.24) is 10.2 Å². The van der Waals surface area contributed by atoms with E-state index in [0.717, 1.165) is 0 Å². The predicted octanol–water partition coefficient (Wildman–Crippen LogP) is 0.0622. The monoisotopic (exact) mass is 302 g/mol. The minimum absolute atomic E-state index is 0.00957. The number of amides is 2. The second kappa shape index (κ2) is 8.97. The second-order valence-electron chi connectivity index (χ2n) is 4.57. The summed E-state index contributed by atoms with van der Waals surface area (Å²) in [5.41, 5.74) is 0. The molecule has 0 saturated carbocycles. The van der Waals surface area contributed by atoms with Gasteiger partial charge in [0.25, 0.3) is 5.91 Å². The lowest BCUT2D eigenvalue weighted by Gasteiger charge is -2.16. The van der Waals surface area contributed by atoms with E-state index in [-0.39, 0.29) is 29.5 Å². The first-order valence-corrected chi connectivity index (χ1v) is 7.91. The molecule has 1 heterocycles. The van der Waals surface area contributed by atoms with Gasteiger partial charge in [-0.2, -0.15) is 0 Å². The molecule has 6 nitrogen and oxygen atoms in total. The number of methoxy groups -OCH3 is 1. The molecule has 1 fully saturated rings. The van der Waals surface area contributed by atoms with Crippen molar-refractivity contribution in [1.29, 1.82) is 0 Å². The Morgan fingerprint density at radius 3 is 2.80 bits per heavy atom. The highest BCUT2D eigenvalue weighted by Crippen LogP contribution is 2.12. The Kier molecular flexibility index (Phi) is 7.61. The van der Waals surface area contributed by atoms with E-state index >= 15 is 0 Å². The predicted molar refractivity (Wildman–Crippen MR) is 77.6 cm³/mol. The zero-order chi connectivity index (χ0) is 15.0. The normalized spacial score (nSPS) is 18.4. The number of Topliss-reactive ketones (excluding diaryl/α,β-unsaturated/α-hetero) is 1. The summed E-state index contributed by atoms with van der Waals surface area (Å²) in [6.45, 7) is 3.42. The highest BCUT2D eigenvalue weighted by atomic mass is 32.2. The molecule has 1 aliphatic rings. The van der Waals surface area contributed by atoms with E-state index in [1.54, 1.807) is 4.90 Å². The van der Waals surface area contributed by atoms with Gasteiger partial charge in [-0.15, -0.1) is 11.8 Å². The highest BCUT2D eigenvalue weighted by Gasteiger charge is 2.30. The molecule has 0 aromatic carbocycles. The molecule has 7 heteroatoms. The van der Waals surface area contributed by atoms with Crippen LogP contribution >= 0.6 is 11.8 Å². The van der Waals surface area contributed by atoms with E-state index in [2.05, 4.69) is 5.32 Å². The highest BCUT2D eigenvalue weighted by molar-refractivity contribution is 8.00. The molecule has 0 spiro atoms. The van der Waals surface area contributed by atoms with E-state index in [4.69, 9.17) is 4.74 Å². The Morgan fingerprint density at radius 2 is 2.20 bits per heavy atom. The molecular weight excluding hydrogens is 280 g/mol. The smallest absolute Gasteiger partial charge is 0.251 e. The number of hydrogen-bond donors (Lipinski definition) is 1. The summed E-state index contributed by atoms with van der Waals surface area (Å²) in [5, 5.41) is 2.75. The fraction of sp³-hybridized carbons (Fsp3) is 0.769. The molecule has 114 valence electrons. The zero-order valence-corrected chi connectivity index (χ0v) is 12.8. The van der Waals surface area contributed by atoms with E-state index in [1.165, 1.54) is 18.9 Å². The van der Waals surface area contributed by atoms with Gasteiger partial charge in [-0.05, 0) is 0 Å². The Labute approximate surface area is 123 Å². The first-order chi connectivity index (χ1) is 9.58. The number of nitrogens with zero attached hydrogens (tertiary/aromatic N) is 1. The summed E-state index contributed by atoms with van der Waals surface area (Å²) < 4.78 is 5.05. The standard InChI is InChI=1S/C13H22N2O4S/c1-3-10(16)8-20-9-12(17)14-5-7-15-6-4-11(19-2)13(15)18/h11H,3-9H2,1-2H3,(H,14,17)/t11-/m1/s1. The summed E-state index contributed by atoms with van der Waals surface area (Å²) in [4.78, 5) is 36.0. The van der Waals surface area contributed by atoms with Gasteiger partial charge < -0.3 is 15.0 Å². The fourth-order valence-corrected chi connectivity index (χ4v) is 2.71. The quantitative estimate of drug-likeness (QED) is 0.652. The molecule has 0 radical (unpaired) electrons. The van der Waals surface area contributed by atoms with Crippen molar-refractivity contribution in [2.24, 2.45) is 0 Å².